The van der Waals surface area contributed by atoms with Gasteiger partial charge in [-0.25, -0.2) is 8.42 Å². The minimum atomic E-state index is -3.25. The van der Waals surface area contributed by atoms with Gasteiger partial charge >= 0.3 is 0 Å². The van der Waals surface area contributed by atoms with Crippen LogP contribution in [0.2, 0.25) is 0 Å². The summed E-state index contributed by atoms with van der Waals surface area (Å²) in [5, 5.41) is 0. The predicted octanol–water partition coefficient (Wildman–Crippen LogP) is 2.14. The van der Waals surface area contributed by atoms with E-state index in [9.17, 15) is 8.42 Å². The number of rotatable bonds is 1. The monoisotopic (exact) mass is 269 g/mol. The fourth-order valence-electron chi connectivity index (χ4n) is 2.00. The fourth-order valence-corrected chi connectivity index (χ4v) is 2.91. The normalized spacial score (nSPS) is 16.1. The summed E-state index contributed by atoms with van der Waals surface area (Å²) in [6.07, 6.45) is 1.23. The van der Waals surface area contributed by atoms with Gasteiger partial charge in [0.2, 0.25) is 10.0 Å². The molecule has 1 heterocycles. The molecule has 1 aromatic carbocycles. The van der Waals surface area contributed by atoms with E-state index in [1.165, 1.54) is 10.6 Å². The molecule has 100 valence electrons. The first-order chi connectivity index (χ1) is 8.19. The van der Waals surface area contributed by atoms with Gasteiger partial charge in [-0.3, -0.25) is 4.31 Å². The van der Waals surface area contributed by atoms with Crippen molar-refractivity contribution in [1.82, 2.24) is 0 Å². The van der Waals surface area contributed by atoms with Gasteiger partial charge in [0.05, 0.1) is 18.5 Å². The molecule has 0 bridgehead atoms. The van der Waals surface area contributed by atoms with E-state index >= 15 is 0 Å². The van der Waals surface area contributed by atoms with Crippen molar-refractivity contribution in [2.75, 3.05) is 23.7 Å². The van der Waals surface area contributed by atoms with Crippen molar-refractivity contribution in [2.24, 2.45) is 0 Å². The van der Waals surface area contributed by atoms with E-state index in [4.69, 9.17) is 4.74 Å². The van der Waals surface area contributed by atoms with Gasteiger partial charge in [-0.05, 0) is 23.1 Å². The lowest BCUT2D eigenvalue weighted by atomic mass is 9.86. The summed E-state index contributed by atoms with van der Waals surface area (Å²) in [7, 11) is -3.25. The van der Waals surface area contributed by atoms with Crippen LogP contribution >= 0.6 is 0 Å². The van der Waals surface area contributed by atoms with Crippen molar-refractivity contribution in [3.8, 4) is 5.75 Å². The first kappa shape index (κ1) is 13.2. The van der Waals surface area contributed by atoms with Crippen molar-refractivity contribution in [3.63, 3.8) is 0 Å². The molecule has 0 N–H and O–H groups in total. The second-order valence-electron chi connectivity index (χ2n) is 5.62. The van der Waals surface area contributed by atoms with Crippen molar-refractivity contribution >= 4 is 15.7 Å². The number of benzene rings is 1. The van der Waals surface area contributed by atoms with Crippen LogP contribution in [0.5, 0.6) is 5.75 Å². The minimum Gasteiger partial charge on any atom is -0.489 e. The lowest BCUT2D eigenvalue weighted by molar-refractivity contribution is 0.315. The number of hydrogen-bond donors (Lipinski definition) is 0. The third-order valence-corrected chi connectivity index (χ3v) is 4.23. The average Bonchev–Trinajstić information content (AvgIpc) is 2.25. The maximum atomic E-state index is 11.8. The van der Waals surface area contributed by atoms with Crippen LogP contribution in [0.4, 0.5) is 5.69 Å². The second-order valence-corrected chi connectivity index (χ2v) is 7.52. The molecule has 0 spiro atoms. The van der Waals surface area contributed by atoms with Crippen molar-refractivity contribution in [1.29, 1.82) is 0 Å². The summed E-state index contributed by atoms with van der Waals surface area (Å²) >= 11 is 0. The Morgan fingerprint density at radius 2 is 1.94 bits per heavy atom. The lowest BCUT2D eigenvalue weighted by Crippen LogP contribution is -2.37. The molecule has 1 aliphatic rings. The van der Waals surface area contributed by atoms with Gasteiger partial charge < -0.3 is 4.74 Å². The van der Waals surface area contributed by atoms with E-state index in [-0.39, 0.29) is 5.41 Å². The van der Waals surface area contributed by atoms with Crippen LogP contribution in [-0.4, -0.2) is 27.8 Å². The SMILES string of the molecule is CC(C)(C)c1ccc2c(c1)N(S(C)(=O)=O)CCO2. The molecule has 2 rings (SSSR count). The zero-order valence-corrected chi connectivity index (χ0v) is 12.0. The molecule has 0 saturated heterocycles. The summed E-state index contributed by atoms with van der Waals surface area (Å²) in [6, 6.07) is 5.76. The summed E-state index contributed by atoms with van der Waals surface area (Å²) in [6.45, 7) is 7.07. The maximum absolute atomic E-state index is 11.8. The molecule has 0 saturated carbocycles. The summed E-state index contributed by atoms with van der Waals surface area (Å²) in [5.74, 6) is 0.639. The second kappa shape index (κ2) is 4.16. The molecule has 0 amide bonds. The third-order valence-electron chi connectivity index (χ3n) is 3.05. The standard InChI is InChI=1S/C13H19NO3S/c1-13(2,3)10-5-6-12-11(9-10)14(7-8-17-12)18(4,15)16/h5-6,9H,7-8H2,1-4H3. The smallest absolute Gasteiger partial charge is 0.232 e. The molecule has 5 heteroatoms. The Hall–Kier alpha value is -1.23. The number of anilines is 1. The van der Waals surface area contributed by atoms with E-state index in [0.29, 0.717) is 24.6 Å². The molecule has 0 radical (unpaired) electrons. The lowest BCUT2D eigenvalue weighted by Gasteiger charge is -2.31. The van der Waals surface area contributed by atoms with Crippen LogP contribution in [0.3, 0.4) is 0 Å². The van der Waals surface area contributed by atoms with Crippen LogP contribution in [-0.2, 0) is 15.4 Å². The molecule has 0 aromatic heterocycles. The maximum Gasteiger partial charge on any atom is 0.232 e. The topological polar surface area (TPSA) is 46.6 Å². The van der Waals surface area contributed by atoms with E-state index in [1.807, 2.05) is 18.2 Å². The first-order valence-electron chi connectivity index (χ1n) is 5.94. The molecule has 18 heavy (non-hydrogen) atoms. The van der Waals surface area contributed by atoms with Crippen LogP contribution in [0, 0.1) is 0 Å². The fraction of sp³-hybridized carbons (Fsp3) is 0.538. The van der Waals surface area contributed by atoms with Crippen LogP contribution in [0.1, 0.15) is 26.3 Å². The van der Waals surface area contributed by atoms with Gasteiger partial charge in [-0.15, -0.1) is 0 Å². The third kappa shape index (κ3) is 2.46. The number of fused-ring (bicyclic) bond motifs is 1. The van der Waals surface area contributed by atoms with Gasteiger partial charge in [-0.2, -0.15) is 0 Å². The van der Waals surface area contributed by atoms with Gasteiger partial charge in [0, 0.05) is 0 Å². The highest BCUT2D eigenvalue weighted by Crippen LogP contribution is 2.36. The van der Waals surface area contributed by atoms with E-state index in [2.05, 4.69) is 20.8 Å². The molecule has 0 atom stereocenters. The Kier molecular flexibility index (Phi) is 3.05. The largest absolute Gasteiger partial charge is 0.489 e. The van der Waals surface area contributed by atoms with Crippen LogP contribution in [0.15, 0.2) is 18.2 Å². The highest BCUT2D eigenvalue weighted by atomic mass is 32.2. The zero-order chi connectivity index (χ0) is 13.6. The Balaban J connectivity index is 2.55. The molecule has 0 aliphatic carbocycles. The molecule has 1 aliphatic heterocycles. The Morgan fingerprint density at radius 3 is 2.50 bits per heavy atom. The average molecular weight is 269 g/mol. The van der Waals surface area contributed by atoms with Gasteiger partial charge in [0.25, 0.3) is 0 Å². The number of sulfonamides is 1. The summed E-state index contributed by atoms with van der Waals surface area (Å²) in [5.41, 5.74) is 1.73. The number of nitrogens with zero attached hydrogens (tertiary/aromatic N) is 1. The summed E-state index contributed by atoms with van der Waals surface area (Å²) < 4.78 is 30.5. The molecule has 4 nitrogen and oxygen atoms in total. The van der Waals surface area contributed by atoms with E-state index in [1.54, 1.807) is 0 Å². The van der Waals surface area contributed by atoms with Crippen molar-refractivity contribution in [2.45, 2.75) is 26.2 Å². The van der Waals surface area contributed by atoms with Gasteiger partial charge in [-0.1, -0.05) is 26.8 Å². The molecular weight excluding hydrogens is 250 g/mol. The van der Waals surface area contributed by atoms with Crippen LogP contribution < -0.4 is 9.04 Å². The number of ether oxygens (including phenoxy) is 1. The first-order valence-corrected chi connectivity index (χ1v) is 7.79. The molecule has 0 unspecified atom stereocenters. The summed E-state index contributed by atoms with van der Waals surface area (Å²) in [4.78, 5) is 0. The van der Waals surface area contributed by atoms with Crippen molar-refractivity contribution in [3.05, 3.63) is 23.8 Å². The van der Waals surface area contributed by atoms with E-state index in [0.717, 1.165) is 5.56 Å². The molecule has 0 fully saturated rings. The number of hydrogen-bond acceptors (Lipinski definition) is 3. The highest BCUT2D eigenvalue weighted by molar-refractivity contribution is 7.92. The van der Waals surface area contributed by atoms with Gasteiger partial charge in [0.15, 0.2) is 0 Å². The Morgan fingerprint density at radius 1 is 1.28 bits per heavy atom. The Bertz CT molecular complexity index is 558. The highest BCUT2D eigenvalue weighted by Gasteiger charge is 2.27. The van der Waals surface area contributed by atoms with Crippen molar-refractivity contribution < 1.29 is 13.2 Å². The Labute approximate surface area is 109 Å². The van der Waals surface area contributed by atoms with Gasteiger partial charge in [0.1, 0.15) is 12.4 Å². The van der Waals surface area contributed by atoms with Crippen LogP contribution in [0.25, 0.3) is 0 Å². The zero-order valence-electron chi connectivity index (χ0n) is 11.2. The van der Waals surface area contributed by atoms with E-state index < -0.39 is 10.0 Å². The minimum absolute atomic E-state index is 0.0182. The quantitative estimate of drug-likeness (QED) is 0.784. The molecule has 1 aromatic rings. The molecular formula is C13H19NO3S. The predicted molar refractivity (Wildman–Crippen MR) is 72.8 cm³/mol.